The third-order valence-corrected chi connectivity index (χ3v) is 4.43. The number of ether oxygens (including phenoxy) is 1. The molecule has 2 aromatic carbocycles. The van der Waals surface area contributed by atoms with Crippen molar-refractivity contribution >= 4 is 27.3 Å². The molecular weight excluding hydrogens is 312 g/mol. The topological polar surface area (TPSA) is 79.2 Å². The van der Waals surface area contributed by atoms with E-state index in [1.807, 2.05) is 6.07 Å². The van der Waals surface area contributed by atoms with Crippen LogP contribution in [0.5, 0.6) is 5.75 Å². The molecular formula is C14H11ClN2O3S. The Hall–Kier alpha value is -2.23. The lowest BCUT2D eigenvalue weighted by Gasteiger charge is -2.11. The lowest BCUT2D eigenvalue weighted by molar-refractivity contribution is 0.403. The quantitative estimate of drug-likeness (QED) is 0.938. The number of hydrogen-bond acceptors (Lipinski definition) is 4. The highest BCUT2D eigenvalue weighted by Gasteiger charge is 2.19. The molecule has 5 nitrogen and oxygen atoms in total. The summed E-state index contributed by atoms with van der Waals surface area (Å²) in [6.45, 7) is 0. The molecule has 1 N–H and O–H groups in total. The van der Waals surface area contributed by atoms with E-state index in [2.05, 4.69) is 4.72 Å². The van der Waals surface area contributed by atoms with Crippen molar-refractivity contribution < 1.29 is 13.2 Å². The van der Waals surface area contributed by atoms with Crippen LogP contribution in [0.25, 0.3) is 0 Å². The second kappa shape index (κ2) is 6.04. The summed E-state index contributed by atoms with van der Waals surface area (Å²) in [6, 6.07) is 12.5. The van der Waals surface area contributed by atoms with Gasteiger partial charge in [-0.25, -0.2) is 8.42 Å². The largest absolute Gasteiger partial charge is 0.495 e. The van der Waals surface area contributed by atoms with E-state index in [0.29, 0.717) is 0 Å². The van der Waals surface area contributed by atoms with Crippen molar-refractivity contribution in [3.8, 4) is 11.8 Å². The first-order chi connectivity index (χ1) is 9.97. The van der Waals surface area contributed by atoms with Crippen molar-refractivity contribution in [3.63, 3.8) is 0 Å². The molecule has 0 radical (unpaired) electrons. The molecule has 0 heterocycles. The van der Waals surface area contributed by atoms with E-state index in [9.17, 15) is 8.42 Å². The van der Waals surface area contributed by atoms with Crippen LogP contribution in [0, 0.1) is 11.3 Å². The first-order valence-corrected chi connectivity index (χ1v) is 7.69. The van der Waals surface area contributed by atoms with E-state index in [1.54, 1.807) is 18.2 Å². The molecule has 0 aliphatic rings. The smallest absolute Gasteiger partial charge is 0.265 e. The van der Waals surface area contributed by atoms with Crippen LogP contribution in [0.3, 0.4) is 0 Å². The molecule has 0 saturated carbocycles. The van der Waals surface area contributed by atoms with Crippen LogP contribution >= 0.6 is 11.6 Å². The molecule has 0 atom stereocenters. The zero-order valence-electron chi connectivity index (χ0n) is 11.0. The Balaban J connectivity index is 2.38. The summed E-state index contributed by atoms with van der Waals surface area (Å²) in [5.74, 6) is 0.241. The number of benzene rings is 2. The van der Waals surface area contributed by atoms with Gasteiger partial charge in [-0.05, 0) is 30.3 Å². The third-order valence-electron chi connectivity index (χ3n) is 2.70. The van der Waals surface area contributed by atoms with Gasteiger partial charge in [0.15, 0.2) is 0 Å². The van der Waals surface area contributed by atoms with Gasteiger partial charge in [-0.2, -0.15) is 5.26 Å². The summed E-state index contributed by atoms with van der Waals surface area (Å²) in [5.41, 5.74) is 0.543. The number of nitriles is 1. The van der Waals surface area contributed by atoms with Crippen LogP contribution in [0.2, 0.25) is 5.02 Å². The van der Waals surface area contributed by atoms with Gasteiger partial charge < -0.3 is 4.74 Å². The van der Waals surface area contributed by atoms with Gasteiger partial charge in [0, 0.05) is 0 Å². The maximum atomic E-state index is 12.3. The first-order valence-electron chi connectivity index (χ1n) is 5.83. The number of halogens is 1. The van der Waals surface area contributed by atoms with Crippen molar-refractivity contribution in [2.75, 3.05) is 11.8 Å². The van der Waals surface area contributed by atoms with Gasteiger partial charge in [0.25, 0.3) is 10.0 Å². The fraction of sp³-hybridized carbons (Fsp3) is 0.0714. The maximum absolute atomic E-state index is 12.3. The van der Waals surface area contributed by atoms with Gasteiger partial charge in [-0.15, -0.1) is 0 Å². The highest BCUT2D eigenvalue weighted by Crippen LogP contribution is 2.27. The number of hydrogen-bond donors (Lipinski definition) is 1. The SMILES string of the molecule is COc1ccccc1S(=O)(=O)Nc1ccc(C#N)c(Cl)c1. The molecule has 0 aliphatic heterocycles. The lowest BCUT2D eigenvalue weighted by Crippen LogP contribution is -2.14. The standard InChI is InChI=1S/C14H11ClN2O3S/c1-20-13-4-2-3-5-14(13)21(18,19)17-11-7-6-10(9-16)12(15)8-11/h2-8,17H,1H3. The fourth-order valence-electron chi connectivity index (χ4n) is 1.72. The zero-order valence-corrected chi connectivity index (χ0v) is 12.6. The number of rotatable bonds is 4. The van der Waals surface area contributed by atoms with Crippen LogP contribution in [-0.4, -0.2) is 15.5 Å². The summed E-state index contributed by atoms with van der Waals surface area (Å²) in [6.07, 6.45) is 0. The van der Waals surface area contributed by atoms with E-state index in [4.69, 9.17) is 21.6 Å². The molecule has 0 spiro atoms. The second-order valence-corrected chi connectivity index (χ2v) is 6.12. The third kappa shape index (κ3) is 3.27. The van der Waals surface area contributed by atoms with Crippen LogP contribution in [0.1, 0.15) is 5.56 Å². The normalized spacial score (nSPS) is 10.7. The van der Waals surface area contributed by atoms with Gasteiger partial charge in [-0.3, -0.25) is 4.72 Å². The number of nitrogens with one attached hydrogen (secondary N) is 1. The number of methoxy groups -OCH3 is 1. The van der Waals surface area contributed by atoms with Crippen molar-refractivity contribution in [2.24, 2.45) is 0 Å². The van der Waals surface area contributed by atoms with E-state index < -0.39 is 10.0 Å². The van der Waals surface area contributed by atoms with Crippen molar-refractivity contribution in [3.05, 3.63) is 53.1 Å². The van der Waals surface area contributed by atoms with Gasteiger partial charge in [0.2, 0.25) is 0 Å². The number of sulfonamides is 1. The van der Waals surface area contributed by atoms with Gasteiger partial charge >= 0.3 is 0 Å². The van der Waals surface area contributed by atoms with E-state index in [0.717, 1.165) is 0 Å². The van der Waals surface area contributed by atoms with Crippen molar-refractivity contribution in [1.82, 2.24) is 0 Å². The predicted octanol–water partition coefficient (Wildman–Crippen LogP) is 3.02. The summed E-state index contributed by atoms with van der Waals surface area (Å²) in [5, 5.41) is 8.98. The minimum absolute atomic E-state index is 0.0213. The summed E-state index contributed by atoms with van der Waals surface area (Å²) in [7, 11) is -2.41. The average molecular weight is 323 g/mol. The summed E-state index contributed by atoms with van der Waals surface area (Å²) >= 11 is 5.88. The lowest BCUT2D eigenvalue weighted by atomic mass is 10.2. The van der Waals surface area contributed by atoms with Crippen molar-refractivity contribution in [2.45, 2.75) is 4.90 Å². The van der Waals surface area contributed by atoms with E-state index >= 15 is 0 Å². The maximum Gasteiger partial charge on any atom is 0.265 e. The van der Waals surface area contributed by atoms with E-state index in [-0.39, 0.29) is 26.9 Å². The number of para-hydroxylation sites is 1. The Morgan fingerprint density at radius 2 is 1.95 bits per heavy atom. The van der Waals surface area contributed by atoms with Gasteiger partial charge in [0.1, 0.15) is 16.7 Å². The minimum atomic E-state index is -3.81. The number of nitrogens with zero attached hydrogens (tertiary/aromatic N) is 1. The first kappa shape index (κ1) is 15.2. The monoisotopic (exact) mass is 322 g/mol. The Morgan fingerprint density at radius 1 is 1.24 bits per heavy atom. The van der Waals surface area contributed by atoms with Crippen LogP contribution in [0.15, 0.2) is 47.4 Å². The molecule has 2 aromatic rings. The van der Waals surface area contributed by atoms with Crippen LogP contribution in [-0.2, 0) is 10.0 Å². The highest BCUT2D eigenvalue weighted by atomic mass is 35.5. The molecule has 0 aromatic heterocycles. The van der Waals surface area contributed by atoms with E-state index in [1.165, 1.54) is 31.4 Å². The summed E-state index contributed by atoms with van der Waals surface area (Å²) < 4.78 is 32.1. The van der Waals surface area contributed by atoms with Crippen LogP contribution < -0.4 is 9.46 Å². The molecule has 2 rings (SSSR count). The summed E-state index contributed by atoms with van der Waals surface area (Å²) in [4.78, 5) is 0.0213. The van der Waals surface area contributed by atoms with Crippen molar-refractivity contribution in [1.29, 1.82) is 5.26 Å². The molecule has 0 saturated heterocycles. The van der Waals surface area contributed by atoms with Gasteiger partial charge in [0.05, 0.1) is 23.4 Å². The Bertz CT molecular complexity index is 813. The Morgan fingerprint density at radius 3 is 2.57 bits per heavy atom. The molecule has 21 heavy (non-hydrogen) atoms. The molecule has 7 heteroatoms. The molecule has 0 bridgehead atoms. The molecule has 0 aliphatic carbocycles. The van der Waals surface area contributed by atoms with Gasteiger partial charge in [-0.1, -0.05) is 23.7 Å². The highest BCUT2D eigenvalue weighted by molar-refractivity contribution is 7.92. The Labute approximate surface area is 127 Å². The Kier molecular flexibility index (Phi) is 4.36. The molecule has 108 valence electrons. The molecule has 0 amide bonds. The zero-order chi connectivity index (χ0) is 15.5. The molecule has 0 unspecified atom stereocenters. The fourth-order valence-corrected chi connectivity index (χ4v) is 3.16. The second-order valence-electron chi connectivity index (χ2n) is 4.06. The number of anilines is 1. The minimum Gasteiger partial charge on any atom is -0.495 e. The average Bonchev–Trinajstić information content (AvgIpc) is 2.47. The van der Waals surface area contributed by atoms with Crippen LogP contribution in [0.4, 0.5) is 5.69 Å². The predicted molar refractivity (Wildman–Crippen MR) is 80.0 cm³/mol. The molecule has 0 fully saturated rings.